The minimum absolute atomic E-state index is 0.0420. The van der Waals surface area contributed by atoms with Gasteiger partial charge in [-0.15, -0.1) is 0 Å². The summed E-state index contributed by atoms with van der Waals surface area (Å²) < 4.78 is 16.5. The van der Waals surface area contributed by atoms with Crippen LogP contribution in [0.5, 0.6) is 5.75 Å². The number of benzene rings is 1. The van der Waals surface area contributed by atoms with Crippen molar-refractivity contribution in [3.05, 3.63) is 42.0 Å². The summed E-state index contributed by atoms with van der Waals surface area (Å²) in [5, 5.41) is 3.89. The van der Waals surface area contributed by atoms with Crippen molar-refractivity contribution in [2.45, 2.75) is 31.7 Å². The van der Waals surface area contributed by atoms with Gasteiger partial charge in [0.1, 0.15) is 18.0 Å². The Labute approximate surface area is 134 Å². The van der Waals surface area contributed by atoms with Crippen LogP contribution >= 0.6 is 0 Å². The van der Waals surface area contributed by atoms with Gasteiger partial charge in [-0.05, 0) is 25.0 Å². The van der Waals surface area contributed by atoms with Gasteiger partial charge in [0.25, 0.3) is 11.8 Å². The molecule has 7 nitrogen and oxygen atoms in total. The minimum atomic E-state index is -0.439. The monoisotopic (exact) mass is 317 g/mol. The third kappa shape index (κ3) is 3.68. The van der Waals surface area contributed by atoms with Crippen LogP contribution in [0.1, 0.15) is 30.7 Å². The summed E-state index contributed by atoms with van der Waals surface area (Å²) in [5.41, 5.74) is 0. The first-order valence-electron chi connectivity index (χ1n) is 7.50. The number of nitrogens with zero attached hydrogens (tertiary/aromatic N) is 3. The number of hydrogen-bond donors (Lipinski definition) is 0. The zero-order chi connectivity index (χ0) is 16.2. The summed E-state index contributed by atoms with van der Waals surface area (Å²) in [6.07, 6.45) is 0.568. The fraction of sp³-hybridized carbons (Fsp3) is 0.438. The zero-order valence-corrected chi connectivity index (χ0v) is 13.1. The van der Waals surface area contributed by atoms with Crippen molar-refractivity contribution in [3.63, 3.8) is 0 Å². The average molecular weight is 317 g/mol. The lowest BCUT2D eigenvalue weighted by Gasteiger charge is -2.15. The van der Waals surface area contributed by atoms with Crippen molar-refractivity contribution in [3.8, 4) is 5.75 Å². The fourth-order valence-corrected chi connectivity index (χ4v) is 2.41. The zero-order valence-electron chi connectivity index (χ0n) is 13.1. The van der Waals surface area contributed by atoms with Crippen LogP contribution in [0.4, 0.5) is 0 Å². The number of aromatic nitrogens is 2. The van der Waals surface area contributed by atoms with Crippen LogP contribution in [-0.2, 0) is 16.1 Å². The average Bonchev–Trinajstić information content (AvgIpc) is 3.22. The molecule has 1 aliphatic heterocycles. The molecule has 0 N–H and O–H groups in total. The van der Waals surface area contributed by atoms with Gasteiger partial charge in [-0.2, -0.15) is 4.98 Å². The number of carbonyl (C=O) groups excluding carboxylic acids is 1. The topological polar surface area (TPSA) is 77.7 Å². The van der Waals surface area contributed by atoms with Gasteiger partial charge < -0.3 is 18.9 Å². The number of likely N-dealkylation sites (N-methyl/N-ethyl adjacent to an activating group) is 1. The van der Waals surface area contributed by atoms with Crippen molar-refractivity contribution in [1.29, 1.82) is 0 Å². The third-order valence-corrected chi connectivity index (χ3v) is 3.61. The summed E-state index contributed by atoms with van der Waals surface area (Å²) in [7, 11) is 3.43. The number of ether oxygens (including phenoxy) is 2. The summed E-state index contributed by atoms with van der Waals surface area (Å²) in [6.45, 7) is 0.223. The SMILES string of the molecule is CN(C)C(=O)[C@H]1CC[C@@H](c2nc(COc3ccccc3)no2)O1. The summed E-state index contributed by atoms with van der Waals surface area (Å²) in [6, 6.07) is 9.43. The molecule has 1 saturated heterocycles. The van der Waals surface area contributed by atoms with Crippen molar-refractivity contribution >= 4 is 5.91 Å². The molecule has 2 heterocycles. The van der Waals surface area contributed by atoms with Gasteiger partial charge in [-0.3, -0.25) is 4.79 Å². The highest BCUT2D eigenvalue weighted by Gasteiger charge is 2.35. The standard InChI is InChI=1S/C16H19N3O4/c1-19(2)16(20)13-9-8-12(22-13)15-17-14(18-23-15)10-21-11-6-4-3-5-7-11/h3-7,12-13H,8-10H2,1-2H3/t12-,13+/m0/s1. The Morgan fingerprint density at radius 2 is 2.09 bits per heavy atom. The van der Waals surface area contributed by atoms with E-state index in [0.717, 1.165) is 5.75 Å². The molecule has 0 aliphatic carbocycles. The summed E-state index contributed by atoms with van der Waals surface area (Å²) in [4.78, 5) is 17.7. The maximum Gasteiger partial charge on any atom is 0.255 e. The number of hydrogen-bond acceptors (Lipinski definition) is 6. The predicted octanol–water partition coefficient (Wildman–Crippen LogP) is 1.96. The molecule has 23 heavy (non-hydrogen) atoms. The Morgan fingerprint density at radius 1 is 1.30 bits per heavy atom. The van der Waals surface area contributed by atoms with Gasteiger partial charge >= 0.3 is 0 Å². The molecule has 0 saturated carbocycles. The molecule has 0 unspecified atom stereocenters. The van der Waals surface area contributed by atoms with E-state index in [0.29, 0.717) is 24.6 Å². The Balaban J connectivity index is 1.56. The second-order valence-electron chi connectivity index (χ2n) is 5.57. The van der Waals surface area contributed by atoms with Gasteiger partial charge in [0.15, 0.2) is 6.61 Å². The first kappa shape index (κ1) is 15.5. The molecule has 0 spiro atoms. The van der Waals surface area contributed by atoms with Crippen LogP contribution < -0.4 is 4.74 Å². The predicted molar refractivity (Wildman–Crippen MR) is 80.6 cm³/mol. The number of carbonyl (C=O) groups is 1. The van der Waals surface area contributed by atoms with Gasteiger partial charge in [-0.25, -0.2) is 0 Å². The van der Waals surface area contributed by atoms with Crippen LogP contribution in [0.3, 0.4) is 0 Å². The molecular formula is C16H19N3O4. The molecule has 1 aromatic carbocycles. The number of amides is 1. The smallest absolute Gasteiger partial charge is 0.255 e. The summed E-state index contributed by atoms with van der Waals surface area (Å²) in [5.74, 6) is 1.55. The van der Waals surface area contributed by atoms with E-state index in [1.165, 1.54) is 4.90 Å². The van der Waals surface area contributed by atoms with Crippen molar-refractivity contribution in [2.75, 3.05) is 14.1 Å². The maximum atomic E-state index is 11.9. The first-order chi connectivity index (χ1) is 11.1. The molecule has 1 aliphatic rings. The second kappa shape index (κ2) is 6.78. The van der Waals surface area contributed by atoms with Crippen LogP contribution in [-0.4, -0.2) is 41.1 Å². The van der Waals surface area contributed by atoms with Gasteiger partial charge in [0.05, 0.1) is 0 Å². The van der Waals surface area contributed by atoms with E-state index in [-0.39, 0.29) is 18.6 Å². The molecule has 1 fully saturated rings. The highest BCUT2D eigenvalue weighted by atomic mass is 16.5. The third-order valence-electron chi connectivity index (χ3n) is 3.61. The molecule has 2 aromatic rings. The highest BCUT2D eigenvalue weighted by Crippen LogP contribution is 2.32. The van der Waals surface area contributed by atoms with E-state index in [9.17, 15) is 4.79 Å². The van der Waals surface area contributed by atoms with E-state index in [4.69, 9.17) is 14.0 Å². The van der Waals surface area contributed by atoms with Crippen LogP contribution in [0.15, 0.2) is 34.9 Å². The number of para-hydroxylation sites is 1. The second-order valence-corrected chi connectivity index (χ2v) is 5.57. The molecule has 0 bridgehead atoms. The Kier molecular flexibility index (Phi) is 4.57. The minimum Gasteiger partial charge on any atom is -0.485 e. The normalized spacial score (nSPS) is 20.4. The van der Waals surface area contributed by atoms with Gasteiger partial charge in [0, 0.05) is 14.1 Å². The van der Waals surface area contributed by atoms with E-state index < -0.39 is 6.10 Å². The number of rotatable bonds is 5. The van der Waals surface area contributed by atoms with E-state index in [1.54, 1.807) is 14.1 Å². The van der Waals surface area contributed by atoms with Crippen molar-refractivity contribution in [1.82, 2.24) is 15.0 Å². The lowest BCUT2D eigenvalue weighted by Crippen LogP contribution is -2.33. The van der Waals surface area contributed by atoms with Crippen LogP contribution in [0, 0.1) is 0 Å². The van der Waals surface area contributed by atoms with Crippen LogP contribution in [0.25, 0.3) is 0 Å². The Bertz CT molecular complexity index is 656. The lowest BCUT2D eigenvalue weighted by atomic mass is 10.2. The molecule has 2 atom stereocenters. The van der Waals surface area contributed by atoms with Gasteiger partial charge in [-0.1, -0.05) is 23.4 Å². The van der Waals surface area contributed by atoms with E-state index in [1.807, 2.05) is 30.3 Å². The largest absolute Gasteiger partial charge is 0.485 e. The molecule has 1 amide bonds. The molecule has 0 radical (unpaired) electrons. The lowest BCUT2D eigenvalue weighted by molar-refractivity contribution is -0.140. The molecule has 3 rings (SSSR count). The van der Waals surface area contributed by atoms with Crippen LogP contribution in [0.2, 0.25) is 0 Å². The van der Waals surface area contributed by atoms with E-state index >= 15 is 0 Å². The maximum absolute atomic E-state index is 11.9. The summed E-state index contributed by atoms with van der Waals surface area (Å²) >= 11 is 0. The molecule has 1 aromatic heterocycles. The quantitative estimate of drug-likeness (QED) is 0.839. The molecule has 7 heteroatoms. The van der Waals surface area contributed by atoms with Gasteiger partial charge in [0.2, 0.25) is 5.82 Å². The molecule has 122 valence electrons. The van der Waals surface area contributed by atoms with E-state index in [2.05, 4.69) is 10.1 Å². The molecular weight excluding hydrogens is 298 g/mol. The first-order valence-corrected chi connectivity index (χ1v) is 7.50. The Hall–Kier alpha value is -2.41. The van der Waals surface area contributed by atoms with Crippen molar-refractivity contribution < 1.29 is 18.8 Å². The fourth-order valence-electron chi connectivity index (χ4n) is 2.41. The Morgan fingerprint density at radius 3 is 2.83 bits per heavy atom. The van der Waals surface area contributed by atoms with Crippen molar-refractivity contribution in [2.24, 2.45) is 0 Å². The highest BCUT2D eigenvalue weighted by molar-refractivity contribution is 5.80.